The van der Waals surface area contributed by atoms with Crippen LogP contribution in [0.25, 0.3) is 0 Å². The van der Waals surface area contributed by atoms with Gasteiger partial charge in [0.1, 0.15) is 12.3 Å². The largest absolute Gasteiger partial charge is 0.496 e. The van der Waals surface area contributed by atoms with E-state index in [1.165, 1.54) is 18.4 Å². The molecule has 2 heterocycles. The minimum Gasteiger partial charge on any atom is -0.496 e. The Morgan fingerprint density at radius 1 is 1.29 bits per heavy atom. The molecule has 172 valence electrons. The van der Waals surface area contributed by atoms with Crippen molar-refractivity contribution in [2.75, 3.05) is 67.1 Å². The van der Waals surface area contributed by atoms with Crippen LogP contribution in [0.1, 0.15) is 30.9 Å². The highest BCUT2D eigenvalue weighted by Gasteiger charge is 2.26. The van der Waals surface area contributed by atoms with E-state index in [0.717, 1.165) is 45.0 Å². The summed E-state index contributed by atoms with van der Waals surface area (Å²) in [7, 11) is 5.22. The molecular weight excluding hydrogens is 394 g/mol. The molecule has 2 aliphatic rings. The van der Waals surface area contributed by atoms with Gasteiger partial charge in [-0.05, 0) is 38.4 Å². The zero-order valence-corrected chi connectivity index (χ0v) is 19.1. The van der Waals surface area contributed by atoms with Crippen molar-refractivity contribution >= 4 is 11.9 Å². The fourth-order valence-corrected chi connectivity index (χ4v) is 4.07. The molecule has 0 bridgehead atoms. The zero-order chi connectivity index (χ0) is 22.1. The highest BCUT2D eigenvalue weighted by atomic mass is 16.5. The maximum absolute atomic E-state index is 12.1. The van der Waals surface area contributed by atoms with Crippen molar-refractivity contribution in [3.05, 3.63) is 29.8 Å². The summed E-state index contributed by atoms with van der Waals surface area (Å²) in [6.45, 7) is 5.32. The van der Waals surface area contributed by atoms with E-state index in [9.17, 15) is 4.79 Å². The van der Waals surface area contributed by atoms with Crippen LogP contribution >= 0.6 is 0 Å². The van der Waals surface area contributed by atoms with Crippen LogP contribution in [0.5, 0.6) is 5.75 Å². The van der Waals surface area contributed by atoms with E-state index in [0.29, 0.717) is 18.4 Å². The predicted molar refractivity (Wildman–Crippen MR) is 122 cm³/mol. The number of benzene rings is 1. The lowest BCUT2D eigenvalue weighted by Gasteiger charge is -2.30. The summed E-state index contributed by atoms with van der Waals surface area (Å²) in [6, 6.07) is 8.39. The molecule has 2 atom stereocenters. The van der Waals surface area contributed by atoms with Crippen molar-refractivity contribution < 1.29 is 14.3 Å². The molecule has 2 saturated heterocycles. The van der Waals surface area contributed by atoms with Gasteiger partial charge in [0, 0.05) is 45.3 Å². The van der Waals surface area contributed by atoms with Crippen LogP contribution in [0.4, 0.5) is 0 Å². The van der Waals surface area contributed by atoms with Crippen LogP contribution in [0.2, 0.25) is 0 Å². The summed E-state index contributed by atoms with van der Waals surface area (Å²) in [5, 5.41) is 6.92. The van der Waals surface area contributed by atoms with Crippen molar-refractivity contribution in [2.45, 2.75) is 25.3 Å². The summed E-state index contributed by atoms with van der Waals surface area (Å²) in [5.74, 6) is 2.02. The van der Waals surface area contributed by atoms with E-state index < -0.39 is 0 Å². The molecule has 0 radical (unpaired) electrons. The normalized spacial score (nSPS) is 20.5. The summed E-state index contributed by atoms with van der Waals surface area (Å²) in [6.07, 6.45) is 3.47. The number of aliphatic imine (C=N–C) groups is 1. The third-order valence-corrected chi connectivity index (χ3v) is 6.00. The lowest BCUT2D eigenvalue weighted by molar-refractivity contribution is -0.127. The first-order valence-electron chi connectivity index (χ1n) is 11.3. The predicted octanol–water partition coefficient (Wildman–Crippen LogP) is 1.49. The second kappa shape index (κ2) is 11.9. The summed E-state index contributed by atoms with van der Waals surface area (Å²) in [4.78, 5) is 20.7. The third-order valence-electron chi connectivity index (χ3n) is 6.00. The summed E-state index contributed by atoms with van der Waals surface area (Å²) in [5.41, 5.74) is 1.17. The van der Waals surface area contributed by atoms with Crippen molar-refractivity contribution in [1.29, 1.82) is 0 Å². The molecule has 2 unspecified atom stereocenters. The number of likely N-dealkylation sites (tertiary alicyclic amines) is 1. The lowest BCUT2D eigenvalue weighted by atomic mass is 10.0. The third kappa shape index (κ3) is 6.83. The number of methoxy groups -OCH3 is 1. The average Bonchev–Trinajstić information content (AvgIpc) is 3.49. The molecule has 0 aliphatic carbocycles. The van der Waals surface area contributed by atoms with Gasteiger partial charge < -0.3 is 25.0 Å². The van der Waals surface area contributed by atoms with E-state index in [4.69, 9.17) is 9.47 Å². The van der Waals surface area contributed by atoms with Crippen molar-refractivity contribution in [1.82, 2.24) is 20.4 Å². The molecular formula is C23H37N5O3. The summed E-state index contributed by atoms with van der Waals surface area (Å²) >= 11 is 0. The minimum absolute atomic E-state index is 0.0221. The molecule has 8 nitrogen and oxygen atoms in total. The van der Waals surface area contributed by atoms with Crippen LogP contribution < -0.4 is 15.4 Å². The van der Waals surface area contributed by atoms with Crippen LogP contribution in [-0.4, -0.2) is 88.8 Å². The van der Waals surface area contributed by atoms with E-state index in [2.05, 4.69) is 32.7 Å². The number of para-hydroxylation sites is 1. The van der Waals surface area contributed by atoms with E-state index in [1.54, 1.807) is 26.1 Å². The van der Waals surface area contributed by atoms with E-state index in [-0.39, 0.29) is 18.5 Å². The van der Waals surface area contributed by atoms with Crippen molar-refractivity contribution in [2.24, 2.45) is 10.9 Å². The molecule has 0 spiro atoms. The molecule has 1 amide bonds. The number of carbonyl (C=O) groups is 1. The molecule has 2 aliphatic heterocycles. The van der Waals surface area contributed by atoms with Crippen molar-refractivity contribution in [3.63, 3.8) is 0 Å². The number of hydrogen-bond acceptors (Lipinski definition) is 5. The Morgan fingerprint density at radius 2 is 2.06 bits per heavy atom. The Balaban J connectivity index is 1.71. The fraction of sp³-hybridized carbons (Fsp3) is 0.652. The number of hydrogen-bond donors (Lipinski definition) is 2. The number of amides is 1. The SMILES string of the molecule is COc1ccccc1C(CNC(=NCC(=O)N(C)C)NCC1CCOC1)N1CCCC1. The Hall–Kier alpha value is -2.32. The quantitative estimate of drug-likeness (QED) is 0.456. The highest BCUT2D eigenvalue weighted by Crippen LogP contribution is 2.31. The van der Waals surface area contributed by atoms with Gasteiger partial charge in [-0.15, -0.1) is 0 Å². The maximum Gasteiger partial charge on any atom is 0.243 e. The van der Waals surface area contributed by atoms with Gasteiger partial charge >= 0.3 is 0 Å². The maximum atomic E-state index is 12.1. The lowest BCUT2D eigenvalue weighted by Crippen LogP contribution is -2.44. The first-order valence-corrected chi connectivity index (χ1v) is 11.3. The molecule has 0 saturated carbocycles. The number of guanidine groups is 1. The highest BCUT2D eigenvalue weighted by molar-refractivity contribution is 5.84. The number of ether oxygens (including phenoxy) is 2. The molecule has 8 heteroatoms. The Morgan fingerprint density at radius 3 is 2.74 bits per heavy atom. The average molecular weight is 432 g/mol. The molecule has 2 fully saturated rings. The monoisotopic (exact) mass is 431 g/mol. The first kappa shape index (κ1) is 23.3. The minimum atomic E-state index is -0.0221. The Kier molecular flexibility index (Phi) is 8.97. The smallest absolute Gasteiger partial charge is 0.243 e. The molecule has 3 rings (SSSR count). The van der Waals surface area contributed by atoms with Gasteiger partial charge in [0.15, 0.2) is 5.96 Å². The number of nitrogens with zero attached hydrogens (tertiary/aromatic N) is 3. The summed E-state index contributed by atoms with van der Waals surface area (Å²) < 4.78 is 11.1. The second-order valence-electron chi connectivity index (χ2n) is 8.45. The van der Waals surface area contributed by atoms with Gasteiger partial charge in [-0.1, -0.05) is 18.2 Å². The van der Waals surface area contributed by atoms with Crippen LogP contribution in [-0.2, 0) is 9.53 Å². The zero-order valence-electron chi connectivity index (χ0n) is 19.1. The van der Waals surface area contributed by atoms with E-state index in [1.807, 2.05) is 12.1 Å². The topological polar surface area (TPSA) is 78.4 Å². The Bertz CT molecular complexity index is 728. The second-order valence-corrected chi connectivity index (χ2v) is 8.45. The molecule has 31 heavy (non-hydrogen) atoms. The number of carbonyl (C=O) groups excluding carboxylic acids is 1. The molecule has 2 N–H and O–H groups in total. The number of likely N-dealkylation sites (N-methyl/N-ethyl adjacent to an activating group) is 1. The van der Waals surface area contributed by atoms with Gasteiger partial charge in [-0.2, -0.15) is 0 Å². The number of rotatable bonds is 9. The number of nitrogens with one attached hydrogen (secondary N) is 2. The van der Waals surface area contributed by atoms with E-state index >= 15 is 0 Å². The molecule has 0 aromatic heterocycles. The van der Waals surface area contributed by atoms with Gasteiger partial charge in [-0.25, -0.2) is 4.99 Å². The fourth-order valence-electron chi connectivity index (χ4n) is 4.07. The van der Waals surface area contributed by atoms with Gasteiger partial charge in [-0.3, -0.25) is 9.69 Å². The standard InChI is InChI=1S/C23H37N5O3/c1-27(2)22(29)16-26-23(24-14-18-10-13-31-17-18)25-15-20(28-11-6-7-12-28)19-8-4-5-9-21(19)30-3/h4-5,8-9,18,20H,6-7,10-17H2,1-3H3,(H2,24,25,26). The molecule has 1 aromatic rings. The van der Waals surface area contributed by atoms with Gasteiger partial charge in [0.05, 0.1) is 19.8 Å². The van der Waals surface area contributed by atoms with Gasteiger partial charge in [0.2, 0.25) is 5.91 Å². The van der Waals surface area contributed by atoms with Gasteiger partial charge in [0.25, 0.3) is 0 Å². The first-order chi connectivity index (χ1) is 15.1. The van der Waals surface area contributed by atoms with Crippen LogP contribution in [0, 0.1) is 5.92 Å². The Labute approximate surface area is 186 Å². The van der Waals surface area contributed by atoms with Crippen molar-refractivity contribution in [3.8, 4) is 5.75 Å². The van der Waals surface area contributed by atoms with Crippen LogP contribution in [0.3, 0.4) is 0 Å². The van der Waals surface area contributed by atoms with Crippen LogP contribution in [0.15, 0.2) is 29.3 Å². The molecule has 1 aromatic carbocycles.